The topological polar surface area (TPSA) is 164 Å². The zero-order valence-electron chi connectivity index (χ0n) is 16.8. The van der Waals surface area contributed by atoms with E-state index >= 15 is 0 Å². The monoisotopic (exact) mass is 520 g/mol. The van der Waals surface area contributed by atoms with Crippen molar-refractivity contribution in [2.75, 3.05) is 10.6 Å². The second kappa shape index (κ2) is 9.54. The fraction of sp³-hybridized carbons (Fsp3) is 0. The fourth-order valence-corrected chi connectivity index (χ4v) is 4.23. The van der Waals surface area contributed by atoms with Gasteiger partial charge in [-0.05, 0) is 48.5 Å². The van der Waals surface area contributed by atoms with Crippen molar-refractivity contribution in [2.24, 2.45) is 0 Å². The summed E-state index contributed by atoms with van der Waals surface area (Å²) in [6.07, 6.45) is 0. The number of rotatable bonds is 2. The molecule has 2 heterocycles. The first-order valence-corrected chi connectivity index (χ1v) is 11.2. The summed E-state index contributed by atoms with van der Waals surface area (Å²) in [7, 11) is -9.21. The van der Waals surface area contributed by atoms with Gasteiger partial charge in [0, 0.05) is 0 Å². The zero-order chi connectivity index (χ0) is 21.3. The smallest absolute Gasteiger partial charge is 0.744 e. The standard InChI is InChI=1S/C18H12N4O6S2.2K/c23-29(24,25)9-1-3-11-13(5-9)21-17-8-16-18(7-15(17)19-11)22-14-6-10(30(26,27)28)2-4-12(14)20-16;;/h1-8,19,21H,(H,23,24,25)(H,26,27,28);;/q;2*+1/p-2. The van der Waals surface area contributed by atoms with Crippen LogP contribution in [-0.2, 0) is 20.2 Å². The Morgan fingerprint density at radius 3 is 1.59 bits per heavy atom. The van der Waals surface area contributed by atoms with Crippen LogP contribution in [0.4, 0.5) is 22.7 Å². The Hall–Kier alpha value is -0.0473. The van der Waals surface area contributed by atoms with Crippen LogP contribution < -0.4 is 113 Å². The summed E-state index contributed by atoms with van der Waals surface area (Å²) in [6.45, 7) is 0. The molecule has 1 aromatic heterocycles. The van der Waals surface area contributed by atoms with Gasteiger partial charge in [-0.3, -0.25) is 0 Å². The van der Waals surface area contributed by atoms with E-state index in [-0.39, 0.29) is 118 Å². The predicted molar refractivity (Wildman–Crippen MR) is 106 cm³/mol. The molecule has 0 amide bonds. The Balaban J connectivity index is 0.00000144. The van der Waals surface area contributed by atoms with Gasteiger partial charge in [0.1, 0.15) is 20.2 Å². The van der Waals surface area contributed by atoms with Crippen LogP contribution >= 0.6 is 0 Å². The number of nitrogens with zero attached hydrogens (tertiary/aromatic N) is 2. The van der Waals surface area contributed by atoms with E-state index in [4.69, 9.17) is 0 Å². The molecule has 4 aromatic rings. The van der Waals surface area contributed by atoms with Gasteiger partial charge in [0.2, 0.25) is 0 Å². The molecular weight excluding hydrogens is 511 g/mol. The SMILES string of the molecule is O=S(=O)([O-])c1ccc2c(c1)Nc1cc3nc4ccc(S(=O)(=O)[O-])cc4nc3cc1N2.[K+].[K+]. The second-order valence-electron chi connectivity index (χ2n) is 6.63. The summed E-state index contributed by atoms with van der Waals surface area (Å²) in [5, 5.41) is 6.19. The third kappa shape index (κ3) is 5.13. The van der Waals surface area contributed by atoms with Crippen LogP contribution in [0.25, 0.3) is 22.1 Å². The van der Waals surface area contributed by atoms with Gasteiger partial charge in [-0.25, -0.2) is 26.8 Å². The Labute approximate surface area is 267 Å². The maximum absolute atomic E-state index is 11.3. The molecule has 0 radical (unpaired) electrons. The quantitative estimate of drug-likeness (QED) is 0.135. The molecule has 0 saturated carbocycles. The molecule has 0 spiro atoms. The Kier molecular flexibility index (Phi) is 7.92. The largest absolute Gasteiger partial charge is 1.00 e. The van der Waals surface area contributed by atoms with Crippen LogP contribution in [0.5, 0.6) is 0 Å². The molecule has 14 heteroatoms. The van der Waals surface area contributed by atoms with Crippen LogP contribution in [0, 0.1) is 0 Å². The average molecular weight is 521 g/mol. The minimum absolute atomic E-state index is 0. The molecular formula is C18H10K2N4O6S2. The molecule has 10 nitrogen and oxygen atoms in total. The first kappa shape index (κ1) is 26.6. The molecule has 1 aliphatic heterocycles. The van der Waals surface area contributed by atoms with Gasteiger partial charge in [0.15, 0.2) is 0 Å². The van der Waals surface area contributed by atoms with Crippen molar-refractivity contribution in [3.63, 3.8) is 0 Å². The molecule has 1 aliphatic rings. The summed E-state index contributed by atoms with van der Waals surface area (Å²) in [5.41, 5.74) is 3.78. The second-order valence-corrected chi connectivity index (χ2v) is 9.39. The molecule has 0 unspecified atom stereocenters. The van der Waals surface area contributed by atoms with Crippen molar-refractivity contribution in [1.82, 2.24) is 9.97 Å². The van der Waals surface area contributed by atoms with Gasteiger partial charge in [-0.15, -0.1) is 0 Å². The zero-order valence-corrected chi connectivity index (χ0v) is 24.7. The molecule has 0 bridgehead atoms. The van der Waals surface area contributed by atoms with Crippen molar-refractivity contribution in [3.05, 3.63) is 48.5 Å². The van der Waals surface area contributed by atoms with Crippen molar-refractivity contribution in [3.8, 4) is 0 Å². The fourth-order valence-electron chi connectivity index (χ4n) is 3.25. The van der Waals surface area contributed by atoms with Gasteiger partial charge in [0.05, 0.1) is 54.6 Å². The summed E-state index contributed by atoms with van der Waals surface area (Å²) < 4.78 is 67.6. The number of benzene rings is 3. The van der Waals surface area contributed by atoms with E-state index in [1.807, 2.05) is 0 Å². The molecule has 5 rings (SSSR count). The van der Waals surface area contributed by atoms with Crippen molar-refractivity contribution < 1.29 is 129 Å². The molecule has 0 aliphatic carbocycles. The maximum Gasteiger partial charge on any atom is 1.00 e. The van der Waals surface area contributed by atoms with E-state index in [1.54, 1.807) is 12.1 Å². The summed E-state index contributed by atoms with van der Waals surface area (Å²) in [6, 6.07) is 11.0. The summed E-state index contributed by atoms with van der Waals surface area (Å²) in [5.74, 6) is 0. The molecule has 0 atom stereocenters. The molecule has 152 valence electrons. The first-order chi connectivity index (χ1) is 14.1. The van der Waals surface area contributed by atoms with Gasteiger partial charge >= 0.3 is 103 Å². The minimum Gasteiger partial charge on any atom is -0.744 e. The van der Waals surface area contributed by atoms with E-state index in [1.165, 1.54) is 36.4 Å². The van der Waals surface area contributed by atoms with E-state index in [9.17, 15) is 25.9 Å². The van der Waals surface area contributed by atoms with Crippen LogP contribution in [-0.4, -0.2) is 35.9 Å². The number of anilines is 4. The average Bonchev–Trinajstić information content (AvgIpc) is 2.66. The Morgan fingerprint density at radius 1 is 0.562 bits per heavy atom. The van der Waals surface area contributed by atoms with E-state index in [0.717, 1.165) is 0 Å². The number of hydrogen-bond acceptors (Lipinski definition) is 10. The Bertz CT molecular complexity index is 1610. The summed E-state index contributed by atoms with van der Waals surface area (Å²) in [4.78, 5) is 8.12. The molecule has 32 heavy (non-hydrogen) atoms. The van der Waals surface area contributed by atoms with Crippen LogP contribution in [0.15, 0.2) is 58.3 Å². The number of fused-ring (bicyclic) bond motifs is 4. The normalized spacial score (nSPS) is 12.6. The van der Waals surface area contributed by atoms with E-state index in [2.05, 4.69) is 20.6 Å². The number of aromatic nitrogens is 2. The van der Waals surface area contributed by atoms with E-state index < -0.39 is 20.2 Å². The number of hydrogen-bond donors (Lipinski definition) is 2. The molecule has 2 N–H and O–H groups in total. The van der Waals surface area contributed by atoms with Crippen molar-refractivity contribution in [1.29, 1.82) is 0 Å². The Morgan fingerprint density at radius 2 is 1.00 bits per heavy atom. The molecule has 0 fully saturated rings. The van der Waals surface area contributed by atoms with Crippen molar-refractivity contribution >= 4 is 65.1 Å². The van der Waals surface area contributed by atoms with E-state index in [0.29, 0.717) is 39.3 Å². The van der Waals surface area contributed by atoms with Gasteiger partial charge < -0.3 is 19.7 Å². The van der Waals surface area contributed by atoms with Crippen LogP contribution in [0.2, 0.25) is 0 Å². The van der Waals surface area contributed by atoms with Gasteiger partial charge in [-0.2, -0.15) is 0 Å². The summed E-state index contributed by atoms with van der Waals surface area (Å²) >= 11 is 0. The van der Waals surface area contributed by atoms with Crippen LogP contribution in [0.3, 0.4) is 0 Å². The van der Waals surface area contributed by atoms with Crippen molar-refractivity contribution in [2.45, 2.75) is 9.79 Å². The third-order valence-electron chi connectivity index (χ3n) is 4.65. The third-order valence-corrected chi connectivity index (χ3v) is 6.31. The minimum atomic E-state index is -4.61. The molecule has 0 saturated heterocycles. The maximum atomic E-state index is 11.3. The molecule has 3 aromatic carbocycles. The van der Waals surface area contributed by atoms with Gasteiger partial charge in [-0.1, -0.05) is 0 Å². The predicted octanol–water partition coefficient (Wildman–Crippen LogP) is -3.60. The van der Waals surface area contributed by atoms with Crippen LogP contribution in [0.1, 0.15) is 0 Å². The number of nitrogens with one attached hydrogen (secondary N) is 2. The first-order valence-electron chi connectivity index (χ1n) is 8.43. The van der Waals surface area contributed by atoms with Gasteiger partial charge in [0.25, 0.3) is 0 Å².